The van der Waals surface area contributed by atoms with Gasteiger partial charge in [0.1, 0.15) is 5.82 Å². The molecule has 2 rings (SSSR count). The van der Waals surface area contributed by atoms with Crippen molar-refractivity contribution in [2.45, 2.75) is 11.2 Å². The summed E-state index contributed by atoms with van der Waals surface area (Å²) in [5, 5.41) is 0. The first-order valence-electron chi connectivity index (χ1n) is 5.80. The van der Waals surface area contributed by atoms with Crippen molar-refractivity contribution in [1.29, 1.82) is 0 Å². The summed E-state index contributed by atoms with van der Waals surface area (Å²) < 4.78 is 29.7. The number of methoxy groups -OCH3 is 2. The summed E-state index contributed by atoms with van der Waals surface area (Å²) in [7, 11) is 3.04. The summed E-state index contributed by atoms with van der Waals surface area (Å²) >= 11 is 3.56. The Kier molecular flexibility index (Phi) is 4.45. The van der Waals surface area contributed by atoms with E-state index < -0.39 is 0 Å². The van der Waals surface area contributed by atoms with E-state index in [9.17, 15) is 4.39 Å². The van der Waals surface area contributed by atoms with E-state index in [4.69, 9.17) is 14.2 Å². The number of alkyl halides is 1. The summed E-state index contributed by atoms with van der Waals surface area (Å²) in [6.07, 6.45) is 0.934. The highest BCUT2D eigenvalue weighted by molar-refractivity contribution is 9.09. The zero-order chi connectivity index (χ0) is 13.1. The van der Waals surface area contributed by atoms with Gasteiger partial charge in [0.25, 0.3) is 0 Å². The van der Waals surface area contributed by atoms with Gasteiger partial charge in [-0.25, -0.2) is 4.39 Å². The standard InChI is InChI=1S/C13H16BrFO3/c1-16-11-5-9(10(15)6-12(11)17-2)13(14)8-3-4-18-7-8/h5-6,8,13H,3-4,7H2,1-2H3. The van der Waals surface area contributed by atoms with Gasteiger partial charge in [0, 0.05) is 29.0 Å². The summed E-state index contributed by atoms with van der Waals surface area (Å²) in [6.45, 7) is 1.39. The molecular weight excluding hydrogens is 303 g/mol. The van der Waals surface area contributed by atoms with Crippen LogP contribution >= 0.6 is 15.9 Å². The van der Waals surface area contributed by atoms with Crippen molar-refractivity contribution in [2.24, 2.45) is 5.92 Å². The molecule has 0 aromatic heterocycles. The van der Waals surface area contributed by atoms with E-state index in [1.165, 1.54) is 13.2 Å². The van der Waals surface area contributed by atoms with Gasteiger partial charge in [-0.2, -0.15) is 0 Å². The molecule has 1 saturated heterocycles. The van der Waals surface area contributed by atoms with Crippen molar-refractivity contribution < 1.29 is 18.6 Å². The lowest BCUT2D eigenvalue weighted by Crippen LogP contribution is -2.09. The first-order valence-corrected chi connectivity index (χ1v) is 6.72. The molecule has 18 heavy (non-hydrogen) atoms. The molecule has 1 aromatic rings. The Labute approximate surface area is 114 Å². The third kappa shape index (κ3) is 2.62. The topological polar surface area (TPSA) is 27.7 Å². The highest BCUT2D eigenvalue weighted by atomic mass is 79.9. The van der Waals surface area contributed by atoms with Crippen molar-refractivity contribution in [1.82, 2.24) is 0 Å². The van der Waals surface area contributed by atoms with Gasteiger partial charge >= 0.3 is 0 Å². The minimum Gasteiger partial charge on any atom is -0.493 e. The summed E-state index contributed by atoms with van der Waals surface area (Å²) in [5.41, 5.74) is 0.586. The lowest BCUT2D eigenvalue weighted by atomic mass is 9.98. The van der Waals surface area contributed by atoms with Crippen molar-refractivity contribution in [3.05, 3.63) is 23.5 Å². The van der Waals surface area contributed by atoms with Crippen molar-refractivity contribution in [3.63, 3.8) is 0 Å². The van der Waals surface area contributed by atoms with Crippen molar-refractivity contribution in [3.8, 4) is 11.5 Å². The molecule has 5 heteroatoms. The fraction of sp³-hybridized carbons (Fsp3) is 0.538. The SMILES string of the molecule is COc1cc(F)c(C(Br)C2CCOC2)cc1OC. The van der Waals surface area contributed by atoms with Gasteiger partial charge in [-0.3, -0.25) is 0 Å². The smallest absolute Gasteiger partial charge is 0.163 e. The van der Waals surface area contributed by atoms with E-state index in [-0.39, 0.29) is 16.6 Å². The highest BCUT2D eigenvalue weighted by Gasteiger charge is 2.28. The quantitative estimate of drug-likeness (QED) is 0.797. The van der Waals surface area contributed by atoms with Crippen LogP contribution in [0.5, 0.6) is 11.5 Å². The van der Waals surface area contributed by atoms with Gasteiger partial charge in [-0.15, -0.1) is 0 Å². The fourth-order valence-electron chi connectivity index (χ4n) is 2.12. The molecule has 0 aliphatic carbocycles. The third-order valence-corrected chi connectivity index (χ3v) is 4.42. The molecule has 1 heterocycles. The largest absolute Gasteiger partial charge is 0.493 e. The Hall–Kier alpha value is -0.810. The molecular formula is C13H16BrFO3. The Bertz CT molecular complexity index is 419. The average Bonchev–Trinajstić information content (AvgIpc) is 2.91. The summed E-state index contributed by atoms with van der Waals surface area (Å²) in [6, 6.07) is 3.05. The zero-order valence-corrected chi connectivity index (χ0v) is 12.0. The molecule has 2 atom stereocenters. The first-order chi connectivity index (χ1) is 8.67. The van der Waals surface area contributed by atoms with Crippen molar-refractivity contribution >= 4 is 15.9 Å². The van der Waals surface area contributed by atoms with Crippen LogP contribution in [0.2, 0.25) is 0 Å². The molecule has 0 spiro atoms. The molecule has 0 N–H and O–H groups in total. The second-order valence-corrected chi connectivity index (χ2v) is 5.24. The minimum absolute atomic E-state index is 0.0696. The van der Waals surface area contributed by atoms with Gasteiger partial charge in [0.15, 0.2) is 11.5 Å². The predicted molar refractivity (Wildman–Crippen MR) is 70.1 cm³/mol. The van der Waals surface area contributed by atoms with E-state index in [1.54, 1.807) is 13.2 Å². The number of halogens is 2. The molecule has 0 radical (unpaired) electrons. The van der Waals surface area contributed by atoms with E-state index in [1.807, 2.05) is 0 Å². The van der Waals surface area contributed by atoms with Crippen LogP contribution in [0.1, 0.15) is 16.8 Å². The first kappa shape index (κ1) is 13.6. The third-order valence-electron chi connectivity index (χ3n) is 3.18. The molecule has 1 aromatic carbocycles. The van der Waals surface area contributed by atoms with Gasteiger partial charge in [0.05, 0.1) is 20.8 Å². The van der Waals surface area contributed by atoms with Gasteiger partial charge in [-0.05, 0) is 12.5 Å². The number of rotatable bonds is 4. The van der Waals surface area contributed by atoms with Crippen LogP contribution in [0.15, 0.2) is 12.1 Å². The minimum atomic E-state index is -0.290. The van der Waals surface area contributed by atoms with Gasteiger partial charge in [-0.1, -0.05) is 15.9 Å². The molecule has 0 amide bonds. The van der Waals surface area contributed by atoms with E-state index in [0.29, 0.717) is 23.7 Å². The number of hydrogen-bond acceptors (Lipinski definition) is 3. The molecule has 1 aliphatic heterocycles. The van der Waals surface area contributed by atoms with E-state index in [0.717, 1.165) is 13.0 Å². The Morgan fingerprint density at radius 1 is 1.33 bits per heavy atom. The maximum Gasteiger partial charge on any atom is 0.163 e. The Morgan fingerprint density at radius 3 is 2.56 bits per heavy atom. The number of ether oxygens (including phenoxy) is 3. The molecule has 0 bridgehead atoms. The van der Waals surface area contributed by atoms with Crippen LogP contribution < -0.4 is 9.47 Å². The predicted octanol–water partition coefficient (Wildman–Crippen LogP) is 3.32. The monoisotopic (exact) mass is 318 g/mol. The molecule has 2 unspecified atom stereocenters. The second-order valence-electron chi connectivity index (χ2n) is 4.25. The van der Waals surface area contributed by atoms with Crippen LogP contribution in [-0.2, 0) is 4.74 Å². The lowest BCUT2D eigenvalue weighted by molar-refractivity contribution is 0.185. The van der Waals surface area contributed by atoms with Crippen LogP contribution in [0.25, 0.3) is 0 Å². The van der Waals surface area contributed by atoms with E-state index in [2.05, 4.69) is 15.9 Å². The van der Waals surface area contributed by atoms with Gasteiger partial charge < -0.3 is 14.2 Å². The van der Waals surface area contributed by atoms with Crippen LogP contribution in [0, 0.1) is 11.7 Å². The molecule has 1 aliphatic rings. The second kappa shape index (κ2) is 5.89. The maximum atomic E-state index is 14.1. The lowest BCUT2D eigenvalue weighted by Gasteiger charge is -2.18. The Balaban J connectivity index is 2.31. The highest BCUT2D eigenvalue weighted by Crippen LogP contribution is 2.41. The van der Waals surface area contributed by atoms with E-state index >= 15 is 0 Å². The average molecular weight is 319 g/mol. The maximum absolute atomic E-state index is 14.1. The van der Waals surface area contributed by atoms with Gasteiger partial charge in [0.2, 0.25) is 0 Å². The Morgan fingerprint density at radius 2 is 2.00 bits per heavy atom. The van der Waals surface area contributed by atoms with Crippen molar-refractivity contribution in [2.75, 3.05) is 27.4 Å². The van der Waals surface area contributed by atoms with Crippen LogP contribution in [-0.4, -0.2) is 27.4 Å². The molecule has 3 nitrogen and oxygen atoms in total. The normalized spacial score (nSPS) is 20.8. The number of benzene rings is 1. The molecule has 1 fully saturated rings. The van der Waals surface area contributed by atoms with Crippen LogP contribution in [0.4, 0.5) is 4.39 Å². The molecule has 0 saturated carbocycles. The fourth-order valence-corrected chi connectivity index (χ4v) is 2.89. The zero-order valence-electron chi connectivity index (χ0n) is 10.4. The molecule has 100 valence electrons. The van der Waals surface area contributed by atoms with Crippen LogP contribution in [0.3, 0.4) is 0 Å². The number of hydrogen-bond donors (Lipinski definition) is 0. The summed E-state index contributed by atoms with van der Waals surface area (Å²) in [4.78, 5) is -0.0696. The summed E-state index contributed by atoms with van der Waals surface area (Å²) in [5.74, 6) is 0.942.